The summed E-state index contributed by atoms with van der Waals surface area (Å²) in [5.41, 5.74) is 1.04. The van der Waals surface area contributed by atoms with Gasteiger partial charge >= 0.3 is 0 Å². The van der Waals surface area contributed by atoms with E-state index in [9.17, 15) is 4.79 Å². The molecule has 0 saturated carbocycles. The van der Waals surface area contributed by atoms with Gasteiger partial charge in [0.2, 0.25) is 5.88 Å². The maximum atomic E-state index is 13.2. The van der Waals surface area contributed by atoms with Crippen molar-refractivity contribution in [3.8, 4) is 17.4 Å². The van der Waals surface area contributed by atoms with Crippen molar-refractivity contribution in [1.82, 2.24) is 4.98 Å². The molecule has 1 amide bonds. The van der Waals surface area contributed by atoms with E-state index >= 15 is 0 Å². The molecule has 0 saturated heterocycles. The van der Waals surface area contributed by atoms with E-state index in [2.05, 4.69) is 4.98 Å². The predicted molar refractivity (Wildman–Crippen MR) is 104 cm³/mol. The van der Waals surface area contributed by atoms with E-state index in [1.807, 2.05) is 24.3 Å². The Hall–Kier alpha value is -2.76. The summed E-state index contributed by atoms with van der Waals surface area (Å²) in [6.07, 6.45) is 1.55. The van der Waals surface area contributed by atoms with Crippen molar-refractivity contribution in [3.63, 3.8) is 0 Å². The molecule has 0 N–H and O–H groups in total. The fourth-order valence-corrected chi connectivity index (χ4v) is 3.14. The molecule has 0 aliphatic carbocycles. The fraction of sp³-hybridized carbons (Fsp3) is 0.100. The highest BCUT2D eigenvalue weighted by atomic mass is 35.5. The van der Waals surface area contributed by atoms with Crippen LogP contribution < -0.4 is 14.4 Å². The number of carbonyl (C=O) groups excluding carboxylic acids is 1. The van der Waals surface area contributed by atoms with Gasteiger partial charge in [-0.2, -0.15) is 0 Å². The van der Waals surface area contributed by atoms with Gasteiger partial charge in [-0.3, -0.25) is 4.79 Å². The lowest BCUT2D eigenvalue weighted by atomic mass is 10.2. The normalized spacial score (nSPS) is 12.9. The van der Waals surface area contributed by atoms with Gasteiger partial charge in [0.1, 0.15) is 23.7 Å². The Bertz CT molecular complexity index is 1010. The summed E-state index contributed by atoms with van der Waals surface area (Å²) in [4.78, 5) is 19.1. The summed E-state index contributed by atoms with van der Waals surface area (Å²) < 4.78 is 11.4. The first-order valence-corrected chi connectivity index (χ1v) is 9.01. The molecule has 1 aliphatic heterocycles. The van der Waals surface area contributed by atoms with Crippen molar-refractivity contribution in [3.05, 3.63) is 76.4 Å². The molecule has 5 nitrogen and oxygen atoms in total. The second-order valence-electron chi connectivity index (χ2n) is 5.81. The number of hydrogen-bond donors (Lipinski definition) is 0. The van der Waals surface area contributed by atoms with Crippen molar-refractivity contribution in [2.24, 2.45) is 0 Å². The minimum Gasteiger partial charge on any atom is -0.490 e. The topological polar surface area (TPSA) is 51.7 Å². The Morgan fingerprint density at radius 1 is 1.11 bits per heavy atom. The third kappa shape index (κ3) is 3.56. The number of aromatic nitrogens is 1. The molecule has 0 fully saturated rings. The lowest BCUT2D eigenvalue weighted by Crippen LogP contribution is -2.38. The van der Waals surface area contributed by atoms with E-state index in [1.54, 1.807) is 41.4 Å². The fourth-order valence-electron chi connectivity index (χ4n) is 2.82. The maximum Gasteiger partial charge on any atom is 0.264 e. The van der Waals surface area contributed by atoms with Crippen LogP contribution in [0.25, 0.3) is 0 Å². The lowest BCUT2D eigenvalue weighted by Gasteiger charge is -2.29. The van der Waals surface area contributed by atoms with Gasteiger partial charge in [0, 0.05) is 17.3 Å². The Morgan fingerprint density at radius 2 is 1.96 bits per heavy atom. The van der Waals surface area contributed by atoms with Gasteiger partial charge in [0.05, 0.1) is 17.3 Å². The zero-order chi connectivity index (χ0) is 18.8. The average Bonchev–Trinajstić information content (AvgIpc) is 2.70. The van der Waals surface area contributed by atoms with E-state index in [-0.39, 0.29) is 11.8 Å². The zero-order valence-corrected chi connectivity index (χ0v) is 15.6. The van der Waals surface area contributed by atoms with Crippen molar-refractivity contribution >= 4 is 34.8 Å². The van der Waals surface area contributed by atoms with Crippen LogP contribution in [0.4, 0.5) is 5.69 Å². The highest BCUT2D eigenvalue weighted by Crippen LogP contribution is 2.35. The number of nitrogens with zero attached hydrogens (tertiary/aromatic N) is 2. The standard InChI is InChI=1S/C20H14Cl2N2O3/c21-13-7-8-15(22)18(12-13)27-19-14(4-3-9-23-19)20(25)24-10-11-26-17-6-2-1-5-16(17)24/h1-9,12H,10-11H2. The quantitative estimate of drug-likeness (QED) is 0.604. The third-order valence-corrected chi connectivity index (χ3v) is 4.62. The molecule has 2 heterocycles. The Labute approximate surface area is 166 Å². The van der Waals surface area contributed by atoms with E-state index in [1.165, 1.54) is 0 Å². The van der Waals surface area contributed by atoms with Crippen molar-refractivity contribution < 1.29 is 14.3 Å². The number of hydrogen-bond acceptors (Lipinski definition) is 4. The van der Waals surface area contributed by atoms with Gasteiger partial charge in [0.15, 0.2) is 0 Å². The van der Waals surface area contributed by atoms with Crippen LogP contribution in [0.1, 0.15) is 10.4 Å². The van der Waals surface area contributed by atoms with Gasteiger partial charge in [-0.1, -0.05) is 35.3 Å². The largest absolute Gasteiger partial charge is 0.490 e. The number of carbonyl (C=O) groups is 1. The van der Waals surface area contributed by atoms with Crippen LogP contribution in [0.2, 0.25) is 10.0 Å². The highest BCUT2D eigenvalue weighted by molar-refractivity contribution is 6.34. The van der Waals surface area contributed by atoms with Crippen LogP contribution >= 0.6 is 23.2 Å². The molecule has 27 heavy (non-hydrogen) atoms. The monoisotopic (exact) mass is 400 g/mol. The van der Waals surface area contributed by atoms with E-state index in [0.29, 0.717) is 45.9 Å². The minimum absolute atomic E-state index is 0.163. The van der Waals surface area contributed by atoms with Gasteiger partial charge in [-0.25, -0.2) is 4.98 Å². The van der Waals surface area contributed by atoms with Gasteiger partial charge in [-0.05, 0) is 36.4 Å². The molecular weight excluding hydrogens is 387 g/mol. The van der Waals surface area contributed by atoms with E-state index in [4.69, 9.17) is 32.7 Å². The van der Waals surface area contributed by atoms with Crippen LogP contribution in [-0.4, -0.2) is 24.0 Å². The summed E-state index contributed by atoms with van der Waals surface area (Å²) in [7, 11) is 0. The summed E-state index contributed by atoms with van der Waals surface area (Å²) >= 11 is 12.2. The highest BCUT2D eigenvalue weighted by Gasteiger charge is 2.27. The number of para-hydroxylation sites is 2. The molecule has 3 aromatic rings. The number of amides is 1. The third-order valence-electron chi connectivity index (χ3n) is 4.08. The molecule has 0 unspecified atom stereocenters. The van der Waals surface area contributed by atoms with Crippen LogP contribution in [0, 0.1) is 0 Å². The van der Waals surface area contributed by atoms with Gasteiger partial charge < -0.3 is 14.4 Å². The first kappa shape index (κ1) is 17.6. The number of rotatable bonds is 3. The minimum atomic E-state index is -0.230. The van der Waals surface area contributed by atoms with Crippen molar-refractivity contribution in [1.29, 1.82) is 0 Å². The number of fused-ring (bicyclic) bond motifs is 1. The number of pyridine rings is 1. The van der Waals surface area contributed by atoms with Gasteiger partial charge in [-0.15, -0.1) is 0 Å². The van der Waals surface area contributed by atoms with E-state index in [0.717, 1.165) is 0 Å². The smallest absolute Gasteiger partial charge is 0.264 e. The molecular formula is C20H14Cl2N2O3. The Kier molecular flexibility index (Phi) is 4.88. The lowest BCUT2D eigenvalue weighted by molar-refractivity contribution is 0.0973. The Balaban J connectivity index is 1.69. The number of benzene rings is 2. The molecule has 0 radical (unpaired) electrons. The summed E-state index contributed by atoms with van der Waals surface area (Å²) in [5, 5.41) is 0.848. The number of halogens is 2. The number of ether oxygens (including phenoxy) is 2. The maximum absolute atomic E-state index is 13.2. The van der Waals surface area contributed by atoms with Crippen LogP contribution in [0.3, 0.4) is 0 Å². The number of anilines is 1. The molecule has 2 aromatic carbocycles. The van der Waals surface area contributed by atoms with Crippen LogP contribution in [0.15, 0.2) is 60.8 Å². The molecule has 0 spiro atoms. The second kappa shape index (κ2) is 7.47. The Morgan fingerprint density at radius 3 is 2.85 bits per heavy atom. The van der Waals surface area contributed by atoms with Crippen molar-refractivity contribution in [2.45, 2.75) is 0 Å². The molecule has 136 valence electrons. The molecule has 4 rings (SSSR count). The molecule has 1 aromatic heterocycles. The first-order valence-electron chi connectivity index (χ1n) is 8.25. The van der Waals surface area contributed by atoms with E-state index < -0.39 is 0 Å². The molecule has 1 aliphatic rings. The van der Waals surface area contributed by atoms with Crippen molar-refractivity contribution in [2.75, 3.05) is 18.1 Å². The molecule has 7 heteroatoms. The second-order valence-corrected chi connectivity index (χ2v) is 6.65. The summed E-state index contributed by atoms with van der Waals surface area (Å²) in [5.74, 6) is 0.934. The first-order chi connectivity index (χ1) is 13.1. The summed E-state index contributed by atoms with van der Waals surface area (Å²) in [6, 6.07) is 15.6. The van der Waals surface area contributed by atoms with Crippen LogP contribution in [0.5, 0.6) is 17.4 Å². The zero-order valence-electron chi connectivity index (χ0n) is 14.1. The predicted octanol–water partition coefficient (Wildman–Crippen LogP) is 5.22. The average molecular weight is 401 g/mol. The molecule has 0 atom stereocenters. The van der Waals surface area contributed by atoms with Gasteiger partial charge in [0.25, 0.3) is 5.91 Å². The SMILES string of the molecule is O=C(c1cccnc1Oc1cc(Cl)ccc1Cl)N1CCOc2ccccc21. The molecule has 0 bridgehead atoms. The van der Waals surface area contributed by atoms with Crippen LogP contribution in [-0.2, 0) is 0 Å². The summed E-state index contributed by atoms with van der Waals surface area (Å²) in [6.45, 7) is 0.849.